The summed E-state index contributed by atoms with van der Waals surface area (Å²) in [7, 11) is 0. The number of amides is 1. The van der Waals surface area contributed by atoms with Crippen molar-refractivity contribution in [3.8, 4) is 0 Å². The minimum absolute atomic E-state index is 0.000220. The van der Waals surface area contributed by atoms with E-state index in [0.29, 0.717) is 18.7 Å². The molecule has 0 atom stereocenters. The highest BCUT2D eigenvalue weighted by molar-refractivity contribution is 5.97. The van der Waals surface area contributed by atoms with Gasteiger partial charge in [-0.15, -0.1) is 0 Å². The molecular weight excluding hydrogens is 316 g/mol. The summed E-state index contributed by atoms with van der Waals surface area (Å²) in [6.45, 7) is 8.18. The lowest BCUT2D eigenvalue weighted by Gasteiger charge is -2.29. The molecular formula is C20H24N2O3. The molecule has 132 valence electrons. The fraction of sp³-hybridized carbons (Fsp3) is 0.350. The number of hydrogen-bond donors (Lipinski definition) is 0. The zero-order chi connectivity index (χ0) is 18.4. The van der Waals surface area contributed by atoms with Crippen molar-refractivity contribution >= 4 is 17.6 Å². The second kappa shape index (κ2) is 7.92. The standard InChI is InChI=1S/C20H24N2O3/c1-5-25-18(23)16-8-10-17(11-9-16)22(19(24)20(2,3)4)14-15-7-6-12-21-13-15/h6-13H,5,14H2,1-4H3. The summed E-state index contributed by atoms with van der Waals surface area (Å²) in [6, 6.07) is 10.7. The third-order valence-corrected chi connectivity index (χ3v) is 3.64. The van der Waals surface area contributed by atoms with Gasteiger partial charge >= 0.3 is 5.97 Å². The summed E-state index contributed by atoms with van der Waals surface area (Å²) in [5.41, 5.74) is 1.61. The second-order valence-electron chi connectivity index (χ2n) is 6.77. The summed E-state index contributed by atoms with van der Waals surface area (Å²) in [5.74, 6) is -0.366. The number of carbonyl (C=O) groups excluding carboxylic acids is 2. The molecule has 1 heterocycles. The van der Waals surface area contributed by atoms with Crippen LogP contribution >= 0.6 is 0 Å². The fourth-order valence-corrected chi connectivity index (χ4v) is 2.35. The molecule has 0 fully saturated rings. The van der Waals surface area contributed by atoms with Gasteiger partial charge in [0.15, 0.2) is 0 Å². The minimum atomic E-state index is -0.526. The number of benzene rings is 1. The monoisotopic (exact) mass is 340 g/mol. The Morgan fingerprint density at radius 2 is 1.80 bits per heavy atom. The van der Waals surface area contributed by atoms with Crippen molar-refractivity contribution < 1.29 is 14.3 Å². The molecule has 5 nitrogen and oxygen atoms in total. The first-order valence-electron chi connectivity index (χ1n) is 8.31. The molecule has 0 aliphatic carbocycles. The van der Waals surface area contributed by atoms with E-state index in [1.807, 2.05) is 32.9 Å². The smallest absolute Gasteiger partial charge is 0.338 e. The molecule has 2 aromatic rings. The Balaban J connectivity index is 2.31. The first kappa shape index (κ1) is 18.6. The van der Waals surface area contributed by atoms with Crippen molar-refractivity contribution in [1.29, 1.82) is 0 Å². The van der Waals surface area contributed by atoms with E-state index in [1.54, 1.807) is 48.5 Å². The number of aromatic nitrogens is 1. The Labute approximate surface area is 148 Å². The van der Waals surface area contributed by atoms with Crippen molar-refractivity contribution in [1.82, 2.24) is 4.98 Å². The third-order valence-electron chi connectivity index (χ3n) is 3.64. The van der Waals surface area contributed by atoms with Crippen LogP contribution in [0.15, 0.2) is 48.8 Å². The lowest BCUT2D eigenvalue weighted by atomic mass is 9.94. The van der Waals surface area contributed by atoms with Crippen molar-refractivity contribution in [3.05, 3.63) is 59.9 Å². The predicted molar refractivity (Wildman–Crippen MR) is 97.3 cm³/mol. The van der Waals surface area contributed by atoms with E-state index in [2.05, 4.69) is 4.98 Å². The largest absolute Gasteiger partial charge is 0.462 e. The Kier molecular flexibility index (Phi) is 5.91. The average Bonchev–Trinajstić information content (AvgIpc) is 2.59. The first-order chi connectivity index (χ1) is 11.8. The maximum Gasteiger partial charge on any atom is 0.338 e. The molecule has 0 radical (unpaired) electrons. The maximum atomic E-state index is 12.9. The van der Waals surface area contributed by atoms with E-state index in [1.165, 1.54) is 0 Å². The Morgan fingerprint density at radius 3 is 2.32 bits per heavy atom. The van der Waals surface area contributed by atoms with Gasteiger partial charge in [0.1, 0.15) is 0 Å². The van der Waals surface area contributed by atoms with Crippen LogP contribution in [0, 0.1) is 5.41 Å². The molecule has 1 aromatic heterocycles. The molecule has 0 saturated heterocycles. The van der Waals surface area contributed by atoms with Gasteiger partial charge in [-0.3, -0.25) is 9.78 Å². The number of nitrogens with zero attached hydrogens (tertiary/aromatic N) is 2. The second-order valence-corrected chi connectivity index (χ2v) is 6.77. The molecule has 0 aliphatic rings. The van der Waals surface area contributed by atoms with Gasteiger partial charge in [0.25, 0.3) is 0 Å². The highest BCUT2D eigenvalue weighted by Gasteiger charge is 2.28. The fourth-order valence-electron chi connectivity index (χ4n) is 2.35. The molecule has 1 aromatic carbocycles. The van der Waals surface area contributed by atoms with Crippen LogP contribution in [0.3, 0.4) is 0 Å². The quantitative estimate of drug-likeness (QED) is 0.776. The summed E-state index contributed by atoms with van der Waals surface area (Å²) in [5, 5.41) is 0. The van der Waals surface area contributed by atoms with Crippen LogP contribution in [0.5, 0.6) is 0 Å². The minimum Gasteiger partial charge on any atom is -0.462 e. The number of anilines is 1. The van der Waals surface area contributed by atoms with Gasteiger partial charge in [-0.25, -0.2) is 4.79 Å². The molecule has 2 rings (SSSR count). The lowest BCUT2D eigenvalue weighted by molar-refractivity contribution is -0.125. The normalized spacial score (nSPS) is 11.0. The molecule has 0 N–H and O–H groups in total. The molecule has 0 spiro atoms. The van der Waals surface area contributed by atoms with Gasteiger partial charge in [0, 0.05) is 23.5 Å². The van der Waals surface area contributed by atoms with Crippen LogP contribution < -0.4 is 4.90 Å². The van der Waals surface area contributed by atoms with Crippen LogP contribution in [-0.4, -0.2) is 23.5 Å². The van der Waals surface area contributed by atoms with E-state index in [4.69, 9.17) is 4.74 Å². The zero-order valence-electron chi connectivity index (χ0n) is 15.2. The molecule has 0 aliphatic heterocycles. The van der Waals surface area contributed by atoms with Gasteiger partial charge in [0.2, 0.25) is 5.91 Å². The van der Waals surface area contributed by atoms with E-state index in [9.17, 15) is 9.59 Å². The first-order valence-corrected chi connectivity index (χ1v) is 8.31. The highest BCUT2D eigenvalue weighted by Crippen LogP contribution is 2.25. The number of hydrogen-bond acceptors (Lipinski definition) is 4. The Hall–Kier alpha value is -2.69. The van der Waals surface area contributed by atoms with Gasteiger partial charge < -0.3 is 9.64 Å². The summed E-state index contributed by atoms with van der Waals surface area (Å²) >= 11 is 0. The number of pyridine rings is 1. The third kappa shape index (κ3) is 4.89. The van der Waals surface area contributed by atoms with Crippen LogP contribution in [0.4, 0.5) is 5.69 Å². The van der Waals surface area contributed by atoms with Crippen LogP contribution in [0.25, 0.3) is 0 Å². The Morgan fingerprint density at radius 1 is 1.12 bits per heavy atom. The molecule has 0 bridgehead atoms. The SMILES string of the molecule is CCOC(=O)c1ccc(N(Cc2cccnc2)C(=O)C(C)(C)C)cc1. The van der Waals surface area contributed by atoms with E-state index in [0.717, 1.165) is 11.3 Å². The van der Waals surface area contributed by atoms with E-state index in [-0.39, 0.29) is 11.9 Å². The Bertz CT molecular complexity index is 719. The van der Waals surface area contributed by atoms with Gasteiger partial charge in [0.05, 0.1) is 18.7 Å². The van der Waals surface area contributed by atoms with Crippen molar-refractivity contribution in [2.75, 3.05) is 11.5 Å². The number of esters is 1. The summed E-state index contributed by atoms with van der Waals surface area (Å²) < 4.78 is 5.00. The number of ether oxygens (including phenoxy) is 1. The van der Waals surface area contributed by atoms with E-state index < -0.39 is 5.41 Å². The predicted octanol–water partition coefficient (Wildman–Crippen LogP) is 3.84. The molecule has 1 amide bonds. The van der Waals surface area contributed by atoms with E-state index >= 15 is 0 Å². The molecule has 25 heavy (non-hydrogen) atoms. The topological polar surface area (TPSA) is 59.5 Å². The number of rotatable bonds is 5. The van der Waals surface area contributed by atoms with Gasteiger partial charge in [-0.05, 0) is 42.8 Å². The lowest BCUT2D eigenvalue weighted by Crippen LogP contribution is -2.39. The molecule has 0 unspecified atom stereocenters. The molecule has 5 heteroatoms. The van der Waals surface area contributed by atoms with Gasteiger partial charge in [-0.1, -0.05) is 26.8 Å². The summed E-state index contributed by atoms with van der Waals surface area (Å²) in [4.78, 5) is 30.5. The number of carbonyl (C=O) groups is 2. The molecule has 0 saturated carbocycles. The van der Waals surface area contributed by atoms with Crippen LogP contribution in [0.2, 0.25) is 0 Å². The van der Waals surface area contributed by atoms with Crippen LogP contribution in [0.1, 0.15) is 43.6 Å². The van der Waals surface area contributed by atoms with Gasteiger partial charge in [-0.2, -0.15) is 0 Å². The highest BCUT2D eigenvalue weighted by atomic mass is 16.5. The van der Waals surface area contributed by atoms with Crippen LogP contribution in [-0.2, 0) is 16.1 Å². The van der Waals surface area contributed by atoms with Crippen molar-refractivity contribution in [2.45, 2.75) is 34.2 Å². The zero-order valence-corrected chi connectivity index (χ0v) is 15.2. The average molecular weight is 340 g/mol. The maximum absolute atomic E-state index is 12.9. The van der Waals surface area contributed by atoms with Crippen molar-refractivity contribution in [2.24, 2.45) is 5.41 Å². The summed E-state index contributed by atoms with van der Waals surface area (Å²) in [6.07, 6.45) is 3.45. The van der Waals surface area contributed by atoms with Crippen molar-refractivity contribution in [3.63, 3.8) is 0 Å².